The fraction of sp³-hybridized carbons (Fsp3) is 0.438. The number of benzene rings is 1. The van der Waals surface area contributed by atoms with Crippen LogP contribution in [0.1, 0.15) is 24.4 Å². The number of hydrogen-bond donors (Lipinski definition) is 1. The summed E-state index contributed by atoms with van der Waals surface area (Å²) in [5, 5.41) is 3.35. The maximum Gasteiger partial charge on any atom is 0.123 e. The third kappa shape index (κ3) is 3.36. The van der Waals surface area contributed by atoms with Gasteiger partial charge in [-0.15, -0.1) is 0 Å². The van der Waals surface area contributed by atoms with E-state index in [1.54, 1.807) is 14.2 Å². The molecule has 0 spiro atoms. The molecule has 21 heavy (non-hydrogen) atoms. The van der Waals surface area contributed by atoms with Crippen LogP contribution >= 0.6 is 0 Å². The SMILES string of the molecule is CCn1ccnc1CC(NC)c1cc(OC)ccc1OC. The Morgan fingerprint density at radius 3 is 2.71 bits per heavy atom. The van der Waals surface area contributed by atoms with Crippen molar-refractivity contribution in [3.8, 4) is 11.5 Å². The van der Waals surface area contributed by atoms with Crippen LogP contribution in [0.2, 0.25) is 0 Å². The highest BCUT2D eigenvalue weighted by molar-refractivity contribution is 5.42. The molecule has 0 saturated carbocycles. The molecule has 0 radical (unpaired) electrons. The van der Waals surface area contributed by atoms with Crippen molar-refractivity contribution in [1.82, 2.24) is 14.9 Å². The van der Waals surface area contributed by atoms with E-state index in [4.69, 9.17) is 9.47 Å². The number of imidazole rings is 1. The maximum atomic E-state index is 5.48. The molecule has 0 aliphatic carbocycles. The fourth-order valence-corrected chi connectivity index (χ4v) is 2.48. The lowest BCUT2D eigenvalue weighted by atomic mass is 10.0. The van der Waals surface area contributed by atoms with Crippen molar-refractivity contribution in [3.05, 3.63) is 42.0 Å². The average Bonchev–Trinajstić information content (AvgIpc) is 2.99. The summed E-state index contributed by atoms with van der Waals surface area (Å²) in [6, 6.07) is 5.97. The second-order valence-corrected chi connectivity index (χ2v) is 4.78. The zero-order valence-electron chi connectivity index (χ0n) is 13.1. The minimum absolute atomic E-state index is 0.114. The monoisotopic (exact) mass is 289 g/mol. The molecule has 1 N–H and O–H groups in total. The first-order valence-electron chi connectivity index (χ1n) is 7.12. The first kappa shape index (κ1) is 15.4. The molecule has 5 nitrogen and oxygen atoms in total. The summed E-state index contributed by atoms with van der Waals surface area (Å²) >= 11 is 0. The van der Waals surface area contributed by atoms with Crippen molar-refractivity contribution < 1.29 is 9.47 Å². The van der Waals surface area contributed by atoms with Crippen molar-refractivity contribution in [3.63, 3.8) is 0 Å². The van der Waals surface area contributed by atoms with E-state index in [1.807, 2.05) is 37.6 Å². The van der Waals surface area contributed by atoms with Crippen LogP contribution in [0.4, 0.5) is 0 Å². The largest absolute Gasteiger partial charge is 0.497 e. The van der Waals surface area contributed by atoms with Crippen molar-refractivity contribution in [1.29, 1.82) is 0 Å². The van der Waals surface area contributed by atoms with E-state index < -0.39 is 0 Å². The lowest BCUT2D eigenvalue weighted by Crippen LogP contribution is -2.21. The van der Waals surface area contributed by atoms with Crippen LogP contribution in [0, 0.1) is 0 Å². The van der Waals surface area contributed by atoms with Gasteiger partial charge in [-0.1, -0.05) is 0 Å². The van der Waals surface area contributed by atoms with E-state index in [2.05, 4.69) is 21.8 Å². The third-order valence-electron chi connectivity index (χ3n) is 3.69. The number of rotatable bonds is 7. The molecule has 2 rings (SSSR count). The minimum atomic E-state index is 0.114. The Morgan fingerprint density at radius 2 is 2.10 bits per heavy atom. The molecular formula is C16H23N3O2. The van der Waals surface area contributed by atoms with Crippen molar-refractivity contribution in [2.75, 3.05) is 21.3 Å². The van der Waals surface area contributed by atoms with Crippen LogP contribution in [0.15, 0.2) is 30.6 Å². The average molecular weight is 289 g/mol. The molecule has 1 aromatic heterocycles. The molecule has 2 aromatic rings. The van der Waals surface area contributed by atoms with Gasteiger partial charge >= 0.3 is 0 Å². The van der Waals surface area contributed by atoms with Gasteiger partial charge in [0.05, 0.1) is 14.2 Å². The summed E-state index contributed by atoms with van der Waals surface area (Å²) in [5.74, 6) is 2.73. The van der Waals surface area contributed by atoms with E-state index in [1.165, 1.54) is 0 Å². The third-order valence-corrected chi connectivity index (χ3v) is 3.69. The topological polar surface area (TPSA) is 48.3 Å². The zero-order valence-corrected chi connectivity index (χ0v) is 13.1. The Labute approximate surface area is 125 Å². The molecule has 5 heteroatoms. The summed E-state index contributed by atoms with van der Waals surface area (Å²) in [7, 11) is 5.30. The van der Waals surface area contributed by atoms with Crippen LogP contribution in [-0.4, -0.2) is 30.8 Å². The number of ether oxygens (including phenoxy) is 2. The van der Waals surface area contributed by atoms with Gasteiger partial charge in [0.2, 0.25) is 0 Å². The highest BCUT2D eigenvalue weighted by Crippen LogP contribution is 2.30. The lowest BCUT2D eigenvalue weighted by molar-refractivity contribution is 0.390. The molecule has 0 aliphatic rings. The van der Waals surface area contributed by atoms with Crippen molar-refractivity contribution in [2.45, 2.75) is 25.9 Å². The lowest BCUT2D eigenvalue weighted by Gasteiger charge is -2.20. The van der Waals surface area contributed by atoms with E-state index in [0.29, 0.717) is 0 Å². The molecular weight excluding hydrogens is 266 g/mol. The van der Waals surface area contributed by atoms with E-state index in [0.717, 1.165) is 35.9 Å². The van der Waals surface area contributed by atoms with Crippen LogP contribution in [0.5, 0.6) is 11.5 Å². The first-order valence-corrected chi connectivity index (χ1v) is 7.12. The van der Waals surface area contributed by atoms with Gasteiger partial charge in [-0.3, -0.25) is 0 Å². The number of nitrogens with one attached hydrogen (secondary N) is 1. The molecule has 0 amide bonds. The van der Waals surface area contributed by atoms with Gasteiger partial charge in [0.1, 0.15) is 17.3 Å². The molecule has 0 saturated heterocycles. The Balaban J connectivity index is 2.32. The zero-order chi connectivity index (χ0) is 15.2. The molecule has 1 unspecified atom stereocenters. The van der Waals surface area contributed by atoms with Gasteiger partial charge in [-0.25, -0.2) is 4.98 Å². The van der Waals surface area contributed by atoms with Gasteiger partial charge < -0.3 is 19.4 Å². The van der Waals surface area contributed by atoms with E-state index in [9.17, 15) is 0 Å². The minimum Gasteiger partial charge on any atom is -0.497 e. The summed E-state index contributed by atoms with van der Waals surface area (Å²) in [5.41, 5.74) is 1.07. The molecule has 114 valence electrons. The Kier molecular flexibility index (Phi) is 5.22. The van der Waals surface area contributed by atoms with Gasteiger partial charge in [0.25, 0.3) is 0 Å². The molecule has 1 atom stereocenters. The van der Waals surface area contributed by atoms with Crippen LogP contribution in [0.3, 0.4) is 0 Å². The number of methoxy groups -OCH3 is 2. The van der Waals surface area contributed by atoms with Gasteiger partial charge in [0, 0.05) is 37.0 Å². The molecule has 0 aliphatic heterocycles. The molecule has 1 aromatic carbocycles. The number of aromatic nitrogens is 2. The number of hydrogen-bond acceptors (Lipinski definition) is 4. The molecule has 0 fully saturated rings. The number of likely N-dealkylation sites (N-methyl/N-ethyl adjacent to an activating group) is 1. The highest BCUT2D eigenvalue weighted by atomic mass is 16.5. The summed E-state index contributed by atoms with van der Waals surface area (Å²) in [6.07, 6.45) is 4.64. The Hall–Kier alpha value is -2.01. The molecule has 0 bridgehead atoms. The van der Waals surface area contributed by atoms with E-state index in [-0.39, 0.29) is 6.04 Å². The normalized spacial score (nSPS) is 12.2. The quantitative estimate of drug-likeness (QED) is 0.850. The fourth-order valence-electron chi connectivity index (χ4n) is 2.48. The van der Waals surface area contributed by atoms with Gasteiger partial charge in [-0.05, 0) is 32.2 Å². The van der Waals surface area contributed by atoms with Gasteiger partial charge in [0.15, 0.2) is 0 Å². The predicted molar refractivity (Wildman–Crippen MR) is 83.0 cm³/mol. The van der Waals surface area contributed by atoms with Crippen molar-refractivity contribution >= 4 is 0 Å². The Morgan fingerprint density at radius 1 is 1.29 bits per heavy atom. The van der Waals surface area contributed by atoms with Crippen LogP contribution in [-0.2, 0) is 13.0 Å². The van der Waals surface area contributed by atoms with Crippen LogP contribution < -0.4 is 14.8 Å². The van der Waals surface area contributed by atoms with E-state index >= 15 is 0 Å². The Bertz CT molecular complexity index is 581. The second-order valence-electron chi connectivity index (χ2n) is 4.78. The smallest absolute Gasteiger partial charge is 0.123 e. The highest BCUT2D eigenvalue weighted by Gasteiger charge is 2.18. The molecule has 1 heterocycles. The van der Waals surface area contributed by atoms with Gasteiger partial charge in [-0.2, -0.15) is 0 Å². The summed E-state index contributed by atoms with van der Waals surface area (Å²) < 4.78 is 13.0. The first-order chi connectivity index (χ1) is 10.2. The summed E-state index contributed by atoms with van der Waals surface area (Å²) in [6.45, 7) is 3.03. The van der Waals surface area contributed by atoms with Crippen molar-refractivity contribution in [2.24, 2.45) is 0 Å². The second kappa shape index (κ2) is 7.13. The summed E-state index contributed by atoms with van der Waals surface area (Å²) in [4.78, 5) is 4.45. The standard InChI is InChI=1S/C16H23N3O2/c1-5-19-9-8-18-16(19)11-14(17-2)13-10-12(20-3)6-7-15(13)21-4/h6-10,14,17H,5,11H2,1-4H3. The predicted octanol–water partition coefficient (Wildman–Crippen LogP) is 2.42. The van der Waals surface area contributed by atoms with Crippen LogP contribution in [0.25, 0.3) is 0 Å². The number of nitrogens with zero attached hydrogens (tertiary/aromatic N) is 2. The maximum absolute atomic E-state index is 5.48. The number of aryl methyl sites for hydroxylation is 1.